The molecule has 0 aromatic carbocycles. The lowest BCUT2D eigenvalue weighted by Crippen LogP contribution is -2.50. The van der Waals surface area contributed by atoms with Gasteiger partial charge < -0.3 is 14.6 Å². The summed E-state index contributed by atoms with van der Waals surface area (Å²) in [7, 11) is 0. The van der Waals surface area contributed by atoms with Crippen molar-refractivity contribution in [1.82, 2.24) is 20.1 Å². The Morgan fingerprint density at radius 3 is 2.67 bits per heavy atom. The molecule has 6 heteroatoms. The Morgan fingerprint density at radius 1 is 1.33 bits per heavy atom. The van der Waals surface area contributed by atoms with Crippen LogP contribution in [0, 0.1) is 19.8 Å². The molecule has 1 atom stereocenters. The van der Waals surface area contributed by atoms with Crippen molar-refractivity contribution in [2.75, 3.05) is 39.3 Å². The van der Waals surface area contributed by atoms with Gasteiger partial charge in [0.25, 0.3) is 0 Å². The lowest BCUT2D eigenvalue weighted by Gasteiger charge is -2.35. The highest BCUT2D eigenvalue weighted by Gasteiger charge is 2.29. The summed E-state index contributed by atoms with van der Waals surface area (Å²) in [6.07, 6.45) is 0.980. The van der Waals surface area contributed by atoms with E-state index in [0.29, 0.717) is 5.91 Å². The van der Waals surface area contributed by atoms with Gasteiger partial charge in [-0.2, -0.15) is 0 Å². The molecule has 0 radical (unpaired) electrons. The third-order valence-corrected chi connectivity index (χ3v) is 4.53. The molecule has 6 nitrogen and oxygen atoms in total. The van der Waals surface area contributed by atoms with Crippen LogP contribution in [0.4, 0.5) is 0 Å². The minimum atomic E-state index is 0.189. The highest BCUT2D eigenvalue weighted by atomic mass is 16.4. The van der Waals surface area contributed by atoms with Crippen molar-refractivity contribution in [3.05, 3.63) is 17.3 Å². The standard InChI is InChI=1S/C15H24N4O2/c1-11-12(2)21-14(17-11)10-18-5-7-19(8-6-18)15(20)13-3-4-16-9-13/h13,16H,3-10H2,1-2H3. The highest BCUT2D eigenvalue weighted by Crippen LogP contribution is 2.15. The number of amides is 1. The van der Waals surface area contributed by atoms with E-state index in [1.54, 1.807) is 0 Å². The first kappa shape index (κ1) is 14.5. The Balaban J connectivity index is 1.49. The second kappa shape index (κ2) is 6.15. The van der Waals surface area contributed by atoms with E-state index in [2.05, 4.69) is 15.2 Å². The number of rotatable bonds is 3. The number of oxazole rings is 1. The van der Waals surface area contributed by atoms with Gasteiger partial charge in [-0.15, -0.1) is 0 Å². The van der Waals surface area contributed by atoms with E-state index in [0.717, 1.165) is 69.6 Å². The number of piperazine rings is 1. The van der Waals surface area contributed by atoms with Crippen LogP contribution in [0.3, 0.4) is 0 Å². The number of nitrogens with one attached hydrogen (secondary N) is 1. The Labute approximate surface area is 125 Å². The zero-order chi connectivity index (χ0) is 14.8. The highest BCUT2D eigenvalue weighted by molar-refractivity contribution is 5.79. The smallest absolute Gasteiger partial charge is 0.227 e. The normalized spacial score (nSPS) is 23.7. The Hall–Kier alpha value is -1.40. The molecule has 0 saturated carbocycles. The number of hydrogen-bond acceptors (Lipinski definition) is 5. The van der Waals surface area contributed by atoms with Crippen molar-refractivity contribution >= 4 is 5.91 Å². The van der Waals surface area contributed by atoms with Crippen molar-refractivity contribution in [3.8, 4) is 0 Å². The molecule has 21 heavy (non-hydrogen) atoms. The molecule has 2 aliphatic rings. The molecule has 1 aromatic heterocycles. The van der Waals surface area contributed by atoms with E-state index < -0.39 is 0 Å². The van der Waals surface area contributed by atoms with Gasteiger partial charge in [0.05, 0.1) is 18.2 Å². The van der Waals surface area contributed by atoms with Crippen molar-refractivity contribution in [2.24, 2.45) is 5.92 Å². The van der Waals surface area contributed by atoms with Gasteiger partial charge in [-0.3, -0.25) is 9.69 Å². The van der Waals surface area contributed by atoms with Gasteiger partial charge in [-0.25, -0.2) is 4.98 Å². The molecule has 2 aliphatic heterocycles. The van der Waals surface area contributed by atoms with Crippen molar-refractivity contribution < 1.29 is 9.21 Å². The first-order chi connectivity index (χ1) is 10.1. The molecule has 1 N–H and O–H groups in total. The Kier molecular flexibility index (Phi) is 4.26. The monoisotopic (exact) mass is 292 g/mol. The number of nitrogens with zero attached hydrogens (tertiary/aromatic N) is 3. The minimum Gasteiger partial charge on any atom is -0.444 e. The third-order valence-electron chi connectivity index (χ3n) is 4.53. The number of carbonyl (C=O) groups excluding carboxylic acids is 1. The van der Waals surface area contributed by atoms with Crippen LogP contribution >= 0.6 is 0 Å². The van der Waals surface area contributed by atoms with Crippen LogP contribution in [0.15, 0.2) is 4.42 Å². The fourth-order valence-electron chi connectivity index (χ4n) is 3.05. The molecule has 2 saturated heterocycles. The number of hydrogen-bond donors (Lipinski definition) is 1. The van der Waals surface area contributed by atoms with E-state index in [4.69, 9.17) is 4.42 Å². The Bertz CT molecular complexity index is 480. The topological polar surface area (TPSA) is 61.6 Å². The predicted molar refractivity (Wildman–Crippen MR) is 78.8 cm³/mol. The van der Waals surface area contributed by atoms with Crippen molar-refractivity contribution in [2.45, 2.75) is 26.8 Å². The molecule has 2 fully saturated rings. The van der Waals surface area contributed by atoms with E-state index in [1.165, 1.54) is 0 Å². The van der Waals surface area contributed by atoms with Gasteiger partial charge in [-0.05, 0) is 26.8 Å². The maximum absolute atomic E-state index is 12.3. The molecule has 0 aliphatic carbocycles. The summed E-state index contributed by atoms with van der Waals surface area (Å²) in [5.74, 6) is 2.19. The predicted octanol–water partition coefficient (Wildman–Crippen LogP) is 0.545. The minimum absolute atomic E-state index is 0.189. The largest absolute Gasteiger partial charge is 0.444 e. The lowest BCUT2D eigenvalue weighted by atomic mass is 10.1. The van der Waals surface area contributed by atoms with E-state index in [9.17, 15) is 4.79 Å². The molecule has 0 bridgehead atoms. The van der Waals surface area contributed by atoms with E-state index in [1.807, 2.05) is 18.7 Å². The molecule has 3 rings (SSSR count). The zero-order valence-corrected chi connectivity index (χ0v) is 12.9. The average Bonchev–Trinajstić information content (AvgIpc) is 3.10. The molecule has 3 heterocycles. The van der Waals surface area contributed by atoms with Gasteiger partial charge in [0.1, 0.15) is 5.76 Å². The maximum Gasteiger partial charge on any atom is 0.227 e. The first-order valence-corrected chi connectivity index (χ1v) is 7.78. The zero-order valence-electron chi connectivity index (χ0n) is 12.9. The van der Waals surface area contributed by atoms with Crippen LogP contribution in [0.25, 0.3) is 0 Å². The number of aryl methyl sites for hydroxylation is 2. The number of aromatic nitrogens is 1. The maximum atomic E-state index is 12.3. The molecule has 1 amide bonds. The number of carbonyl (C=O) groups is 1. The summed E-state index contributed by atoms with van der Waals surface area (Å²) in [5, 5.41) is 3.26. The average molecular weight is 292 g/mol. The molecular weight excluding hydrogens is 268 g/mol. The third kappa shape index (κ3) is 3.27. The van der Waals surface area contributed by atoms with Crippen LogP contribution in [0.2, 0.25) is 0 Å². The SMILES string of the molecule is Cc1nc(CN2CCN(C(=O)C3CCNC3)CC2)oc1C. The summed E-state index contributed by atoms with van der Waals surface area (Å²) in [4.78, 5) is 21.1. The molecule has 1 aromatic rings. The van der Waals surface area contributed by atoms with Crippen LogP contribution in [0.1, 0.15) is 23.8 Å². The van der Waals surface area contributed by atoms with Gasteiger partial charge in [-0.1, -0.05) is 0 Å². The van der Waals surface area contributed by atoms with Gasteiger partial charge in [0.15, 0.2) is 0 Å². The van der Waals surface area contributed by atoms with Crippen LogP contribution in [-0.2, 0) is 11.3 Å². The fourth-order valence-corrected chi connectivity index (χ4v) is 3.05. The molecule has 116 valence electrons. The quantitative estimate of drug-likeness (QED) is 0.881. The first-order valence-electron chi connectivity index (χ1n) is 7.78. The molecule has 0 spiro atoms. The summed E-state index contributed by atoms with van der Waals surface area (Å²) in [6.45, 7) is 9.88. The van der Waals surface area contributed by atoms with Gasteiger partial charge in [0, 0.05) is 32.7 Å². The van der Waals surface area contributed by atoms with E-state index >= 15 is 0 Å². The Morgan fingerprint density at radius 2 is 2.10 bits per heavy atom. The van der Waals surface area contributed by atoms with Gasteiger partial charge in [0.2, 0.25) is 11.8 Å². The summed E-state index contributed by atoms with van der Waals surface area (Å²) in [6, 6.07) is 0. The molecular formula is C15H24N4O2. The second-order valence-electron chi connectivity index (χ2n) is 6.04. The second-order valence-corrected chi connectivity index (χ2v) is 6.04. The fraction of sp³-hybridized carbons (Fsp3) is 0.733. The van der Waals surface area contributed by atoms with Crippen LogP contribution < -0.4 is 5.32 Å². The van der Waals surface area contributed by atoms with Gasteiger partial charge >= 0.3 is 0 Å². The molecule has 1 unspecified atom stereocenters. The van der Waals surface area contributed by atoms with Crippen molar-refractivity contribution in [3.63, 3.8) is 0 Å². The van der Waals surface area contributed by atoms with Crippen LogP contribution in [-0.4, -0.2) is 60.0 Å². The lowest BCUT2D eigenvalue weighted by molar-refractivity contribution is -0.136. The van der Waals surface area contributed by atoms with E-state index in [-0.39, 0.29) is 5.92 Å². The van der Waals surface area contributed by atoms with Crippen LogP contribution in [0.5, 0.6) is 0 Å². The summed E-state index contributed by atoms with van der Waals surface area (Å²) < 4.78 is 5.63. The summed E-state index contributed by atoms with van der Waals surface area (Å²) in [5.41, 5.74) is 0.965. The van der Waals surface area contributed by atoms with Crippen molar-refractivity contribution in [1.29, 1.82) is 0 Å². The summed E-state index contributed by atoms with van der Waals surface area (Å²) >= 11 is 0.